The monoisotopic (exact) mass is 314 g/mol. The number of benzene rings is 1. The van der Waals surface area contributed by atoms with Crippen LogP contribution in [0.3, 0.4) is 0 Å². The summed E-state index contributed by atoms with van der Waals surface area (Å²) >= 11 is 4.73. The first-order valence-corrected chi connectivity index (χ1v) is 7.13. The van der Waals surface area contributed by atoms with Crippen LogP contribution in [0, 0.1) is 0 Å². The van der Waals surface area contributed by atoms with Gasteiger partial charge < -0.3 is 4.74 Å². The summed E-state index contributed by atoms with van der Waals surface area (Å²) in [5.41, 5.74) is 1.02. The molecule has 92 valence electrons. The predicted octanol–water partition coefficient (Wildman–Crippen LogP) is 4.14. The van der Waals surface area contributed by atoms with Crippen molar-refractivity contribution in [3.63, 3.8) is 0 Å². The highest BCUT2D eigenvalue weighted by atomic mass is 79.9. The third-order valence-electron chi connectivity index (χ3n) is 1.95. The summed E-state index contributed by atoms with van der Waals surface area (Å²) in [5.74, 6) is 1.55. The number of carbonyl (C=O) groups is 1. The Bertz CT molecular complexity index is 416. The molecule has 0 aliphatic carbocycles. The van der Waals surface area contributed by atoms with Gasteiger partial charge in [0.15, 0.2) is 5.12 Å². The highest BCUT2D eigenvalue weighted by molar-refractivity contribution is 9.10. The Balaban J connectivity index is 2.73. The Hall–Kier alpha value is -0.740. The quantitative estimate of drug-likeness (QED) is 0.817. The van der Waals surface area contributed by atoms with Crippen LogP contribution < -0.4 is 4.74 Å². The molecule has 0 saturated heterocycles. The van der Waals surface area contributed by atoms with Gasteiger partial charge in [0.25, 0.3) is 0 Å². The fraction of sp³-hybridized carbons (Fsp3) is 0.308. The molecule has 0 amide bonds. The van der Waals surface area contributed by atoms with E-state index in [9.17, 15) is 4.79 Å². The summed E-state index contributed by atoms with van der Waals surface area (Å²) in [6.07, 6.45) is 3.95. The van der Waals surface area contributed by atoms with Crippen LogP contribution in [0.2, 0.25) is 0 Å². The van der Waals surface area contributed by atoms with Crippen LogP contribution in [0.25, 0.3) is 6.08 Å². The Kier molecular flexibility index (Phi) is 6.37. The highest BCUT2D eigenvalue weighted by Crippen LogP contribution is 2.24. The highest BCUT2D eigenvalue weighted by Gasteiger charge is 2.00. The molecule has 0 atom stereocenters. The van der Waals surface area contributed by atoms with Gasteiger partial charge in [-0.15, -0.1) is 0 Å². The van der Waals surface area contributed by atoms with Crippen molar-refractivity contribution in [3.05, 3.63) is 34.3 Å². The molecule has 0 bridgehead atoms. The molecule has 0 N–H and O–H groups in total. The fourth-order valence-electron chi connectivity index (χ4n) is 1.28. The first-order valence-electron chi connectivity index (χ1n) is 5.35. The van der Waals surface area contributed by atoms with E-state index >= 15 is 0 Å². The lowest BCUT2D eigenvalue weighted by molar-refractivity contribution is -0.109. The lowest BCUT2D eigenvalue weighted by Gasteiger charge is -2.07. The minimum Gasteiger partial charge on any atom is -0.493 e. The molecule has 0 unspecified atom stereocenters. The molecule has 1 aromatic rings. The van der Waals surface area contributed by atoms with Crippen molar-refractivity contribution < 1.29 is 9.53 Å². The number of rotatable bonds is 5. The van der Waals surface area contributed by atoms with Crippen molar-refractivity contribution in [3.8, 4) is 5.75 Å². The number of hydrogen-bond donors (Lipinski definition) is 0. The predicted molar refractivity (Wildman–Crippen MR) is 77.5 cm³/mol. The normalized spacial score (nSPS) is 10.8. The lowest BCUT2D eigenvalue weighted by atomic mass is 10.2. The van der Waals surface area contributed by atoms with Gasteiger partial charge in [-0.05, 0) is 25.1 Å². The molecule has 2 nitrogen and oxygen atoms in total. The van der Waals surface area contributed by atoms with Crippen molar-refractivity contribution >= 4 is 38.9 Å². The smallest absolute Gasteiger partial charge is 0.186 e. The zero-order chi connectivity index (χ0) is 12.7. The molecular weight excluding hydrogens is 300 g/mol. The number of halogens is 1. The third kappa shape index (κ3) is 5.41. The Labute approximate surface area is 115 Å². The second-order valence-corrected chi connectivity index (χ2v) is 5.43. The second-order valence-electron chi connectivity index (χ2n) is 3.32. The van der Waals surface area contributed by atoms with Crippen LogP contribution in [0.4, 0.5) is 0 Å². The van der Waals surface area contributed by atoms with Gasteiger partial charge in [0.05, 0.1) is 6.61 Å². The van der Waals surface area contributed by atoms with Crippen LogP contribution in [0.1, 0.15) is 19.4 Å². The standard InChI is InChI=1S/C13H15BrO2S/c1-3-16-13-7-6-12(14)9-11(13)5-4-8-17-10(2)15/h4-7,9H,3,8H2,1-2H3. The van der Waals surface area contributed by atoms with E-state index in [0.29, 0.717) is 12.4 Å². The molecule has 17 heavy (non-hydrogen) atoms. The van der Waals surface area contributed by atoms with Gasteiger partial charge in [-0.1, -0.05) is 39.8 Å². The summed E-state index contributed by atoms with van der Waals surface area (Å²) in [4.78, 5) is 10.8. The molecule has 1 aromatic carbocycles. The second kappa shape index (κ2) is 7.56. The summed E-state index contributed by atoms with van der Waals surface area (Å²) in [5, 5.41) is 0.133. The number of ether oxygens (including phenoxy) is 1. The maximum atomic E-state index is 10.8. The molecule has 0 heterocycles. The molecule has 0 saturated carbocycles. The fourth-order valence-corrected chi connectivity index (χ4v) is 2.08. The van der Waals surface area contributed by atoms with Crippen LogP contribution >= 0.6 is 27.7 Å². The number of thioether (sulfide) groups is 1. The van der Waals surface area contributed by atoms with E-state index in [4.69, 9.17) is 4.74 Å². The Morgan fingerprint density at radius 2 is 2.29 bits per heavy atom. The van der Waals surface area contributed by atoms with E-state index in [1.807, 2.05) is 37.3 Å². The minimum absolute atomic E-state index is 0.133. The van der Waals surface area contributed by atoms with E-state index in [0.717, 1.165) is 15.8 Å². The van der Waals surface area contributed by atoms with Crippen molar-refractivity contribution in [1.82, 2.24) is 0 Å². The van der Waals surface area contributed by atoms with Crippen LogP contribution in [-0.4, -0.2) is 17.5 Å². The van der Waals surface area contributed by atoms with Crippen molar-refractivity contribution in [1.29, 1.82) is 0 Å². The van der Waals surface area contributed by atoms with E-state index in [-0.39, 0.29) is 5.12 Å². The summed E-state index contributed by atoms with van der Waals surface area (Å²) < 4.78 is 6.54. The maximum Gasteiger partial charge on any atom is 0.186 e. The average Bonchev–Trinajstić information content (AvgIpc) is 2.28. The van der Waals surface area contributed by atoms with Gasteiger partial charge in [0.1, 0.15) is 5.75 Å². The first-order chi connectivity index (χ1) is 8.13. The van der Waals surface area contributed by atoms with E-state index in [1.54, 1.807) is 6.92 Å². The number of hydrogen-bond acceptors (Lipinski definition) is 3. The van der Waals surface area contributed by atoms with Gasteiger partial charge in [-0.25, -0.2) is 0 Å². The average molecular weight is 315 g/mol. The summed E-state index contributed by atoms with van der Waals surface area (Å²) in [6, 6.07) is 5.89. The van der Waals surface area contributed by atoms with Gasteiger partial charge in [-0.3, -0.25) is 4.79 Å². The molecule has 0 aliphatic rings. The van der Waals surface area contributed by atoms with Crippen LogP contribution in [0.15, 0.2) is 28.7 Å². The first kappa shape index (κ1) is 14.3. The molecule has 0 spiro atoms. The molecular formula is C13H15BrO2S. The van der Waals surface area contributed by atoms with Crippen LogP contribution in [0.5, 0.6) is 5.75 Å². The Morgan fingerprint density at radius 1 is 1.53 bits per heavy atom. The van der Waals surface area contributed by atoms with Gasteiger partial charge in [0, 0.05) is 22.7 Å². The van der Waals surface area contributed by atoms with E-state index < -0.39 is 0 Å². The largest absolute Gasteiger partial charge is 0.493 e. The molecule has 0 radical (unpaired) electrons. The molecule has 0 aromatic heterocycles. The zero-order valence-corrected chi connectivity index (χ0v) is 12.3. The van der Waals surface area contributed by atoms with Crippen LogP contribution in [-0.2, 0) is 4.79 Å². The zero-order valence-electron chi connectivity index (χ0n) is 9.90. The Morgan fingerprint density at radius 3 is 2.94 bits per heavy atom. The molecule has 0 fully saturated rings. The maximum absolute atomic E-state index is 10.8. The molecule has 1 rings (SSSR count). The SMILES string of the molecule is CCOc1ccc(Br)cc1C=CCSC(C)=O. The topological polar surface area (TPSA) is 26.3 Å². The van der Waals surface area contributed by atoms with Crippen molar-refractivity contribution in [2.75, 3.05) is 12.4 Å². The minimum atomic E-state index is 0.133. The van der Waals surface area contributed by atoms with E-state index in [1.165, 1.54) is 11.8 Å². The summed E-state index contributed by atoms with van der Waals surface area (Å²) in [7, 11) is 0. The summed E-state index contributed by atoms with van der Waals surface area (Å²) in [6.45, 7) is 4.18. The third-order valence-corrected chi connectivity index (χ3v) is 3.21. The van der Waals surface area contributed by atoms with Crippen molar-refractivity contribution in [2.24, 2.45) is 0 Å². The molecule has 4 heteroatoms. The lowest BCUT2D eigenvalue weighted by Crippen LogP contribution is -1.93. The van der Waals surface area contributed by atoms with Crippen molar-refractivity contribution in [2.45, 2.75) is 13.8 Å². The van der Waals surface area contributed by atoms with E-state index in [2.05, 4.69) is 15.9 Å². The van der Waals surface area contributed by atoms with Gasteiger partial charge in [0.2, 0.25) is 0 Å². The molecule has 0 aliphatic heterocycles. The van der Waals surface area contributed by atoms with Gasteiger partial charge >= 0.3 is 0 Å². The van der Waals surface area contributed by atoms with Gasteiger partial charge in [-0.2, -0.15) is 0 Å². The number of carbonyl (C=O) groups excluding carboxylic acids is 1.